The van der Waals surface area contributed by atoms with Crippen LogP contribution in [0.4, 0.5) is 5.69 Å². The summed E-state index contributed by atoms with van der Waals surface area (Å²) in [5.74, 6) is -1.26. The molecule has 0 aromatic heterocycles. The third kappa shape index (κ3) is 4.71. The monoisotopic (exact) mass is 546 g/mol. The fourth-order valence-electron chi connectivity index (χ4n) is 5.42. The zero-order valence-electron chi connectivity index (χ0n) is 21.9. The summed E-state index contributed by atoms with van der Waals surface area (Å²) in [7, 11) is -3.93. The number of amides is 2. The van der Waals surface area contributed by atoms with Crippen molar-refractivity contribution in [1.82, 2.24) is 4.90 Å². The van der Waals surface area contributed by atoms with Crippen LogP contribution in [0.3, 0.4) is 0 Å². The fraction of sp³-hybridized carbons (Fsp3) is 0.300. The minimum atomic E-state index is -3.93. The molecule has 0 aliphatic carbocycles. The standard InChI is InChI=1S/C30H30N2O6S/c1-3-38-29(35)30(16-18-31-27(33)24-9-5-6-10-25(24)28(31)34)17-19-32(26-11-7-4-8-22(26)20-30)39(36,37)23-14-12-21(2)13-15-23/h4-15H,3,16-20H2,1-2H3. The molecule has 0 radical (unpaired) electrons. The van der Waals surface area contributed by atoms with Crippen LogP contribution in [0.2, 0.25) is 0 Å². The molecule has 2 aliphatic rings. The number of anilines is 1. The Morgan fingerprint density at radius 2 is 1.54 bits per heavy atom. The number of carbonyl (C=O) groups excluding carboxylic acids is 3. The maximum Gasteiger partial charge on any atom is 0.312 e. The van der Waals surface area contributed by atoms with Gasteiger partial charge in [-0.1, -0.05) is 48.0 Å². The molecule has 5 rings (SSSR count). The molecule has 0 fully saturated rings. The van der Waals surface area contributed by atoms with Crippen LogP contribution in [0.15, 0.2) is 77.7 Å². The molecule has 3 aromatic carbocycles. The zero-order chi connectivity index (χ0) is 27.8. The lowest BCUT2D eigenvalue weighted by molar-refractivity contribution is -0.156. The number of ether oxygens (including phenoxy) is 1. The smallest absolute Gasteiger partial charge is 0.312 e. The van der Waals surface area contributed by atoms with Crippen LogP contribution < -0.4 is 4.31 Å². The van der Waals surface area contributed by atoms with Gasteiger partial charge in [-0.2, -0.15) is 0 Å². The normalized spacial score (nSPS) is 18.9. The average molecular weight is 547 g/mol. The van der Waals surface area contributed by atoms with E-state index >= 15 is 0 Å². The van der Waals surface area contributed by atoms with Crippen molar-refractivity contribution in [3.8, 4) is 0 Å². The van der Waals surface area contributed by atoms with E-state index in [9.17, 15) is 22.8 Å². The Morgan fingerprint density at radius 3 is 2.18 bits per heavy atom. The van der Waals surface area contributed by atoms with E-state index in [2.05, 4.69) is 0 Å². The number of imide groups is 1. The van der Waals surface area contributed by atoms with Gasteiger partial charge in [0.05, 0.1) is 33.7 Å². The summed E-state index contributed by atoms with van der Waals surface area (Å²) in [6, 6.07) is 20.5. The number of carbonyl (C=O) groups is 3. The van der Waals surface area contributed by atoms with Gasteiger partial charge in [-0.25, -0.2) is 8.42 Å². The lowest BCUT2D eigenvalue weighted by Crippen LogP contribution is -2.42. The lowest BCUT2D eigenvalue weighted by Gasteiger charge is -2.32. The molecule has 1 atom stereocenters. The Hall–Kier alpha value is -3.98. The quantitative estimate of drug-likeness (QED) is 0.322. The predicted octanol–water partition coefficient (Wildman–Crippen LogP) is 4.37. The number of aryl methyl sites for hydroxylation is 1. The number of esters is 1. The fourth-order valence-corrected chi connectivity index (χ4v) is 6.92. The Kier molecular flexibility index (Phi) is 7.03. The van der Waals surface area contributed by atoms with E-state index in [4.69, 9.17) is 4.74 Å². The number of fused-ring (bicyclic) bond motifs is 2. The maximum atomic E-state index is 13.8. The first-order valence-electron chi connectivity index (χ1n) is 13.0. The number of hydrogen-bond donors (Lipinski definition) is 0. The second kappa shape index (κ2) is 10.3. The molecule has 0 saturated carbocycles. The molecule has 39 heavy (non-hydrogen) atoms. The average Bonchev–Trinajstić information content (AvgIpc) is 3.06. The van der Waals surface area contributed by atoms with E-state index < -0.39 is 33.2 Å². The van der Waals surface area contributed by atoms with E-state index in [1.165, 1.54) is 9.21 Å². The van der Waals surface area contributed by atoms with Gasteiger partial charge in [-0.05, 0) is 69.0 Å². The van der Waals surface area contributed by atoms with Gasteiger partial charge in [0.1, 0.15) is 0 Å². The predicted molar refractivity (Wildman–Crippen MR) is 146 cm³/mol. The van der Waals surface area contributed by atoms with Crippen LogP contribution in [-0.4, -0.2) is 50.8 Å². The minimum Gasteiger partial charge on any atom is -0.466 e. The van der Waals surface area contributed by atoms with Crippen molar-refractivity contribution < 1.29 is 27.5 Å². The topological polar surface area (TPSA) is 101 Å². The van der Waals surface area contributed by atoms with Gasteiger partial charge in [0.25, 0.3) is 21.8 Å². The molecule has 8 nitrogen and oxygen atoms in total. The van der Waals surface area contributed by atoms with Crippen LogP contribution in [0, 0.1) is 12.3 Å². The number of sulfonamides is 1. The minimum absolute atomic E-state index is 0.0119. The van der Waals surface area contributed by atoms with E-state index in [1.807, 2.05) is 13.0 Å². The summed E-state index contributed by atoms with van der Waals surface area (Å²) < 4.78 is 34.5. The van der Waals surface area contributed by atoms with Gasteiger partial charge in [0.2, 0.25) is 0 Å². The molecule has 2 heterocycles. The van der Waals surface area contributed by atoms with Crippen molar-refractivity contribution in [2.75, 3.05) is 24.0 Å². The van der Waals surface area contributed by atoms with Crippen LogP contribution >= 0.6 is 0 Å². The van der Waals surface area contributed by atoms with E-state index in [-0.39, 0.29) is 43.9 Å². The highest BCUT2D eigenvalue weighted by atomic mass is 32.2. The molecule has 2 amide bonds. The van der Waals surface area contributed by atoms with Gasteiger partial charge >= 0.3 is 5.97 Å². The van der Waals surface area contributed by atoms with Gasteiger partial charge in [0.15, 0.2) is 0 Å². The first kappa shape index (κ1) is 26.6. The molecular weight excluding hydrogens is 516 g/mol. The van der Waals surface area contributed by atoms with E-state index in [1.54, 1.807) is 73.7 Å². The molecule has 2 aliphatic heterocycles. The number of hydrogen-bond acceptors (Lipinski definition) is 6. The van der Waals surface area contributed by atoms with Crippen LogP contribution in [0.25, 0.3) is 0 Å². The molecule has 0 N–H and O–H groups in total. The van der Waals surface area contributed by atoms with Crippen molar-refractivity contribution in [3.63, 3.8) is 0 Å². The Bertz CT molecular complexity index is 1510. The van der Waals surface area contributed by atoms with E-state index in [0.29, 0.717) is 22.4 Å². The molecule has 3 aromatic rings. The SMILES string of the molecule is CCOC(=O)C1(CCN2C(=O)c3ccccc3C2=O)CCN(S(=O)(=O)c2ccc(C)cc2)c2ccccc2C1. The number of nitrogens with zero attached hydrogens (tertiary/aromatic N) is 2. The van der Waals surface area contributed by atoms with Gasteiger partial charge < -0.3 is 4.74 Å². The largest absolute Gasteiger partial charge is 0.466 e. The molecule has 1 unspecified atom stereocenters. The van der Waals surface area contributed by atoms with Crippen LogP contribution in [-0.2, 0) is 26.0 Å². The summed E-state index contributed by atoms with van der Waals surface area (Å²) in [6.45, 7) is 3.81. The Morgan fingerprint density at radius 1 is 0.923 bits per heavy atom. The molecule has 0 bridgehead atoms. The van der Waals surface area contributed by atoms with Crippen molar-refractivity contribution >= 4 is 33.5 Å². The van der Waals surface area contributed by atoms with Crippen LogP contribution in [0.1, 0.15) is 51.6 Å². The number of para-hydroxylation sites is 1. The summed E-state index contributed by atoms with van der Waals surface area (Å²) in [5.41, 5.74) is 1.67. The third-order valence-corrected chi connectivity index (χ3v) is 9.42. The summed E-state index contributed by atoms with van der Waals surface area (Å²) in [4.78, 5) is 40.9. The highest BCUT2D eigenvalue weighted by Gasteiger charge is 2.46. The van der Waals surface area contributed by atoms with Crippen molar-refractivity contribution in [2.45, 2.75) is 38.0 Å². The van der Waals surface area contributed by atoms with Gasteiger partial charge in [-0.15, -0.1) is 0 Å². The number of rotatable bonds is 7. The summed E-state index contributed by atoms with van der Waals surface area (Å²) in [6.07, 6.45) is 0.518. The van der Waals surface area contributed by atoms with Crippen LogP contribution in [0.5, 0.6) is 0 Å². The summed E-state index contributed by atoms with van der Waals surface area (Å²) >= 11 is 0. The highest BCUT2D eigenvalue weighted by molar-refractivity contribution is 7.92. The Labute approximate surface area is 228 Å². The maximum absolute atomic E-state index is 13.8. The molecule has 0 saturated heterocycles. The van der Waals surface area contributed by atoms with E-state index in [0.717, 1.165) is 5.56 Å². The first-order chi connectivity index (χ1) is 18.7. The Balaban J connectivity index is 1.50. The zero-order valence-corrected chi connectivity index (χ0v) is 22.7. The molecule has 9 heteroatoms. The highest BCUT2D eigenvalue weighted by Crippen LogP contribution is 2.42. The first-order valence-corrected chi connectivity index (χ1v) is 14.4. The van der Waals surface area contributed by atoms with Gasteiger partial charge in [-0.3, -0.25) is 23.6 Å². The molecule has 0 spiro atoms. The van der Waals surface area contributed by atoms with Crippen molar-refractivity contribution in [3.05, 3.63) is 95.1 Å². The third-order valence-electron chi connectivity index (χ3n) is 7.59. The van der Waals surface area contributed by atoms with Crippen molar-refractivity contribution in [2.24, 2.45) is 5.41 Å². The number of benzene rings is 3. The molecular formula is C30H30N2O6S. The summed E-state index contributed by atoms with van der Waals surface area (Å²) in [5, 5.41) is 0. The lowest BCUT2D eigenvalue weighted by atomic mass is 9.76. The second-order valence-electron chi connectivity index (χ2n) is 10.0. The van der Waals surface area contributed by atoms with Crippen molar-refractivity contribution in [1.29, 1.82) is 0 Å². The van der Waals surface area contributed by atoms with Gasteiger partial charge in [0, 0.05) is 13.1 Å². The molecule has 202 valence electrons. The second-order valence-corrected chi connectivity index (χ2v) is 11.9.